The lowest BCUT2D eigenvalue weighted by Gasteiger charge is -2.25. The molecule has 2 N–H and O–H groups in total. The van der Waals surface area contributed by atoms with Crippen molar-refractivity contribution in [1.29, 1.82) is 0 Å². The van der Waals surface area contributed by atoms with E-state index >= 15 is 0 Å². The average molecular weight is 250 g/mol. The predicted molar refractivity (Wildman–Crippen MR) is 71.0 cm³/mol. The van der Waals surface area contributed by atoms with Crippen molar-refractivity contribution in [2.45, 2.75) is 19.5 Å². The van der Waals surface area contributed by atoms with Crippen molar-refractivity contribution in [3.8, 4) is 0 Å². The molecule has 0 saturated heterocycles. The van der Waals surface area contributed by atoms with Crippen molar-refractivity contribution < 1.29 is 4.42 Å². The van der Waals surface area contributed by atoms with E-state index in [0.29, 0.717) is 6.54 Å². The van der Waals surface area contributed by atoms with Crippen LogP contribution in [0, 0.1) is 6.92 Å². The van der Waals surface area contributed by atoms with E-state index in [1.807, 2.05) is 19.1 Å². The highest BCUT2D eigenvalue weighted by Gasteiger charge is 2.17. The van der Waals surface area contributed by atoms with Crippen LogP contribution in [0.25, 0.3) is 0 Å². The van der Waals surface area contributed by atoms with E-state index < -0.39 is 0 Å². The van der Waals surface area contributed by atoms with Gasteiger partial charge in [-0.3, -0.25) is 4.90 Å². The van der Waals surface area contributed by atoms with Crippen LogP contribution in [0.5, 0.6) is 0 Å². The van der Waals surface area contributed by atoms with E-state index in [4.69, 9.17) is 10.2 Å². The summed E-state index contributed by atoms with van der Waals surface area (Å²) < 4.78 is 5.59. The summed E-state index contributed by atoms with van der Waals surface area (Å²) in [6.45, 7) is 3.37. The Morgan fingerprint density at radius 2 is 2.24 bits per heavy atom. The number of rotatable bonds is 5. The maximum atomic E-state index is 5.86. The highest BCUT2D eigenvalue weighted by Crippen LogP contribution is 2.24. The first kappa shape index (κ1) is 12.4. The maximum absolute atomic E-state index is 5.86. The monoisotopic (exact) mass is 250 g/mol. The first-order valence-electron chi connectivity index (χ1n) is 5.69. The predicted octanol–water partition coefficient (Wildman–Crippen LogP) is 2.78. The molecular formula is C13H18N2OS. The number of furan rings is 1. The van der Waals surface area contributed by atoms with E-state index in [2.05, 4.69) is 29.5 Å². The zero-order chi connectivity index (χ0) is 12.3. The molecular weight excluding hydrogens is 232 g/mol. The number of hydrogen-bond acceptors (Lipinski definition) is 4. The first-order valence-corrected chi connectivity index (χ1v) is 6.57. The normalized spacial score (nSPS) is 13.2. The summed E-state index contributed by atoms with van der Waals surface area (Å²) in [6.07, 6.45) is 0. The van der Waals surface area contributed by atoms with Crippen LogP contribution >= 0.6 is 11.3 Å². The van der Waals surface area contributed by atoms with Crippen LogP contribution < -0.4 is 5.73 Å². The third-order valence-electron chi connectivity index (χ3n) is 2.83. The molecule has 92 valence electrons. The number of thiophene rings is 1. The molecule has 2 rings (SSSR count). The highest BCUT2D eigenvalue weighted by atomic mass is 32.1. The van der Waals surface area contributed by atoms with Crippen LogP contribution in [0.15, 0.2) is 34.1 Å². The van der Waals surface area contributed by atoms with Gasteiger partial charge in [0.15, 0.2) is 0 Å². The fourth-order valence-corrected chi connectivity index (χ4v) is 2.82. The number of aryl methyl sites for hydroxylation is 1. The third kappa shape index (κ3) is 2.97. The van der Waals surface area contributed by atoms with Gasteiger partial charge in [-0.2, -0.15) is 0 Å². The van der Waals surface area contributed by atoms with Gasteiger partial charge in [-0.15, -0.1) is 11.3 Å². The quantitative estimate of drug-likeness (QED) is 0.887. The molecule has 1 unspecified atom stereocenters. The summed E-state index contributed by atoms with van der Waals surface area (Å²) in [6, 6.07) is 8.47. The van der Waals surface area contributed by atoms with Gasteiger partial charge in [0, 0.05) is 11.4 Å². The second-order valence-electron chi connectivity index (χ2n) is 4.19. The molecule has 0 aliphatic rings. The van der Waals surface area contributed by atoms with Crippen LogP contribution in [-0.2, 0) is 6.54 Å². The topological polar surface area (TPSA) is 42.4 Å². The van der Waals surface area contributed by atoms with Gasteiger partial charge in [0.25, 0.3) is 0 Å². The SMILES string of the molecule is Cc1ccc(CN(C)C(CN)c2cccs2)o1. The van der Waals surface area contributed by atoms with E-state index in [1.54, 1.807) is 11.3 Å². The lowest BCUT2D eigenvalue weighted by atomic mass is 10.2. The third-order valence-corrected chi connectivity index (χ3v) is 3.80. The molecule has 0 saturated carbocycles. The Morgan fingerprint density at radius 1 is 1.41 bits per heavy atom. The molecule has 0 radical (unpaired) electrons. The standard InChI is InChI=1S/C13H18N2OS/c1-10-5-6-11(16-10)9-15(2)12(8-14)13-4-3-7-17-13/h3-7,12H,8-9,14H2,1-2H3. The minimum Gasteiger partial charge on any atom is -0.465 e. The van der Waals surface area contributed by atoms with Crippen LogP contribution in [0.4, 0.5) is 0 Å². The Labute approximate surface area is 106 Å². The Kier molecular flexibility index (Phi) is 3.99. The van der Waals surface area contributed by atoms with E-state index in [0.717, 1.165) is 18.1 Å². The number of nitrogens with zero attached hydrogens (tertiary/aromatic N) is 1. The smallest absolute Gasteiger partial charge is 0.118 e. The Balaban J connectivity index is 2.05. The summed E-state index contributed by atoms with van der Waals surface area (Å²) in [7, 11) is 2.08. The molecule has 2 aromatic rings. The Bertz CT molecular complexity index is 450. The number of likely N-dealkylation sites (N-methyl/N-ethyl adjacent to an activating group) is 1. The summed E-state index contributed by atoms with van der Waals surface area (Å²) >= 11 is 1.75. The molecule has 0 aromatic carbocycles. The lowest BCUT2D eigenvalue weighted by molar-refractivity contribution is 0.224. The molecule has 3 nitrogen and oxygen atoms in total. The summed E-state index contributed by atoms with van der Waals surface area (Å²) in [4.78, 5) is 3.53. The van der Waals surface area contributed by atoms with Crippen LogP contribution in [0.1, 0.15) is 22.4 Å². The van der Waals surface area contributed by atoms with Gasteiger partial charge in [0.1, 0.15) is 11.5 Å². The van der Waals surface area contributed by atoms with Gasteiger partial charge < -0.3 is 10.2 Å². The fourth-order valence-electron chi connectivity index (χ4n) is 1.92. The highest BCUT2D eigenvalue weighted by molar-refractivity contribution is 7.10. The van der Waals surface area contributed by atoms with Gasteiger partial charge in [-0.25, -0.2) is 0 Å². The molecule has 2 heterocycles. The largest absolute Gasteiger partial charge is 0.465 e. The summed E-state index contributed by atoms with van der Waals surface area (Å²) in [5.41, 5.74) is 5.86. The molecule has 4 heteroatoms. The molecule has 0 aliphatic carbocycles. The fraction of sp³-hybridized carbons (Fsp3) is 0.385. The molecule has 0 fully saturated rings. The van der Waals surface area contributed by atoms with Crippen molar-refractivity contribution in [2.75, 3.05) is 13.6 Å². The second-order valence-corrected chi connectivity index (χ2v) is 5.17. The Morgan fingerprint density at radius 3 is 2.76 bits per heavy atom. The molecule has 1 atom stereocenters. The van der Waals surface area contributed by atoms with E-state index in [-0.39, 0.29) is 6.04 Å². The van der Waals surface area contributed by atoms with E-state index in [9.17, 15) is 0 Å². The first-order chi connectivity index (χ1) is 8.20. The van der Waals surface area contributed by atoms with Crippen molar-refractivity contribution >= 4 is 11.3 Å². The summed E-state index contributed by atoms with van der Waals surface area (Å²) in [5, 5.41) is 2.09. The number of hydrogen-bond donors (Lipinski definition) is 1. The zero-order valence-corrected chi connectivity index (χ0v) is 11.0. The molecule has 0 aliphatic heterocycles. The Hall–Kier alpha value is -1.10. The summed E-state index contributed by atoms with van der Waals surface area (Å²) in [5.74, 6) is 1.94. The number of nitrogens with two attached hydrogens (primary N) is 1. The van der Waals surface area contributed by atoms with Crippen molar-refractivity contribution in [3.05, 3.63) is 46.0 Å². The maximum Gasteiger partial charge on any atom is 0.118 e. The van der Waals surface area contributed by atoms with Gasteiger partial charge in [-0.1, -0.05) is 6.07 Å². The molecule has 17 heavy (non-hydrogen) atoms. The van der Waals surface area contributed by atoms with Gasteiger partial charge >= 0.3 is 0 Å². The van der Waals surface area contributed by atoms with Crippen LogP contribution in [0.2, 0.25) is 0 Å². The average Bonchev–Trinajstić information content (AvgIpc) is 2.92. The lowest BCUT2D eigenvalue weighted by Crippen LogP contribution is -2.29. The second kappa shape index (κ2) is 5.49. The molecule has 0 spiro atoms. The van der Waals surface area contributed by atoms with Crippen molar-refractivity contribution in [2.24, 2.45) is 5.73 Å². The van der Waals surface area contributed by atoms with E-state index in [1.165, 1.54) is 4.88 Å². The zero-order valence-electron chi connectivity index (χ0n) is 10.2. The molecule has 0 amide bonds. The van der Waals surface area contributed by atoms with Gasteiger partial charge in [-0.05, 0) is 37.6 Å². The van der Waals surface area contributed by atoms with Crippen LogP contribution in [0.3, 0.4) is 0 Å². The minimum atomic E-state index is 0.264. The van der Waals surface area contributed by atoms with Crippen molar-refractivity contribution in [3.63, 3.8) is 0 Å². The minimum absolute atomic E-state index is 0.264. The van der Waals surface area contributed by atoms with Gasteiger partial charge in [0.05, 0.1) is 12.6 Å². The molecule has 0 bridgehead atoms. The van der Waals surface area contributed by atoms with Crippen LogP contribution in [-0.4, -0.2) is 18.5 Å². The van der Waals surface area contributed by atoms with Crippen molar-refractivity contribution in [1.82, 2.24) is 4.90 Å². The molecule has 2 aromatic heterocycles. The van der Waals surface area contributed by atoms with Gasteiger partial charge in [0.2, 0.25) is 0 Å².